The Morgan fingerprint density at radius 2 is 1.06 bits per heavy atom. The van der Waals surface area contributed by atoms with E-state index in [0.717, 1.165) is 68.2 Å². The number of unbranched alkanes of at least 4 members (excludes halogenated alkanes) is 6. The van der Waals surface area contributed by atoms with Gasteiger partial charge in [-0.15, -0.1) is 0 Å². The maximum atomic E-state index is 6.22. The van der Waals surface area contributed by atoms with Gasteiger partial charge in [0.15, 0.2) is 11.5 Å². The minimum atomic E-state index is 0.669. The van der Waals surface area contributed by atoms with Crippen LogP contribution in [0.5, 0.6) is 11.5 Å². The molecule has 0 aliphatic heterocycles. The van der Waals surface area contributed by atoms with Crippen molar-refractivity contribution in [2.24, 2.45) is 0 Å². The van der Waals surface area contributed by atoms with Gasteiger partial charge in [0.1, 0.15) is 0 Å². The Balaban J connectivity index is 1.59. The summed E-state index contributed by atoms with van der Waals surface area (Å²) in [6, 6.07) is 11.9. The molecular weight excluding hydrogens is 448 g/mol. The summed E-state index contributed by atoms with van der Waals surface area (Å²) in [7, 11) is 0. The number of aromatic nitrogens is 4. The molecule has 0 N–H and O–H groups in total. The molecule has 0 aliphatic rings. The Morgan fingerprint density at radius 1 is 0.583 bits per heavy atom. The lowest BCUT2D eigenvalue weighted by Gasteiger charge is -2.15. The normalized spacial score (nSPS) is 11.6. The van der Waals surface area contributed by atoms with Gasteiger partial charge in [0.2, 0.25) is 0 Å². The van der Waals surface area contributed by atoms with E-state index in [1.54, 1.807) is 12.4 Å². The summed E-state index contributed by atoms with van der Waals surface area (Å²) in [5.41, 5.74) is 4.92. The number of hydrogen-bond donors (Lipinski definition) is 0. The van der Waals surface area contributed by atoms with Crippen molar-refractivity contribution in [1.29, 1.82) is 0 Å². The van der Waals surface area contributed by atoms with Gasteiger partial charge in [-0.2, -0.15) is 0 Å². The first-order chi connectivity index (χ1) is 17.8. The fourth-order valence-corrected chi connectivity index (χ4v) is 4.66. The van der Waals surface area contributed by atoms with Crippen LogP contribution in [0, 0.1) is 0 Å². The number of ether oxygens (including phenoxy) is 2. The number of pyridine rings is 2. The highest BCUT2D eigenvalue weighted by atomic mass is 16.5. The second-order valence-electron chi connectivity index (χ2n) is 9.33. The van der Waals surface area contributed by atoms with E-state index in [4.69, 9.17) is 19.4 Å². The third kappa shape index (κ3) is 5.03. The fraction of sp³-hybridized carbons (Fsp3) is 0.400. The first kappa shape index (κ1) is 24.2. The molecule has 0 atom stereocenters. The van der Waals surface area contributed by atoms with Gasteiger partial charge in [0.25, 0.3) is 0 Å². The Hall–Kier alpha value is -3.54. The summed E-state index contributed by atoms with van der Waals surface area (Å²) >= 11 is 0. The van der Waals surface area contributed by atoms with E-state index in [1.807, 2.05) is 36.4 Å². The van der Waals surface area contributed by atoms with Crippen LogP contribution in [0.2, 0.25) is 0 Å². The number of nitrogens with zero attached hydrogens (tertiary/aromatic N) is 4. The van der Waals surface area contributed by atoms with E-state index < -0.39 is 0 Å². The Labute approximate surface area is 212 Å². The molecule has 0 saturated carbocycles. The average Bonchev–Trinajstić information content (AvgIpc) is 2.92. The van der Waals surface area contributed by atoms with Gasteiger partial charge >= 0.3 is 0 Å². The lowest BCUT2D eigenvalue weighted by molar-refractivity contribution is 0.259. The van der Waals surface area contributed by atoms with Gasteiger partial charge in [0, 0.05) is 35.3 Å². The Bertz CT molecular complexity index is 1370. The molecule has 36 heavy (non-hydrogen) atoms. The van der Waals surface area contributed by atoms with Gasteiger partial charge in [-0.1, -0.05) is 52.4 Å². The summed E-state index contributed by atoms with van der Waals surface area (Å²) < 4.78 is 12.4. The molecule has 186 valence electrons. The summed E-state index contributed by atoms with van der Waals surface area (Å²) in [5.74, 6) is 1.49. The summed E-state index contributed by atoms with van der Waals surface area (Å²) in [4.78, 5) is 19.4. The molecule has 6 heteroatoms. The fourth-order valence-electron chi connectivity index (χ4n) is 4.66. The van der Waals surface area contributed by atoms with Gasteiger partial charge < -0.3 is 9.47 Å². The standard InChI is InChI=1S/C30H34N4O2/c1-3-5-7-9-17-35-25-19-23-24(20-26(25)36-18-10-8-6-4-2)34-30-22-14-12-16-32-28(22)27-21(29(30)33-23)13-11-15-31-27/h11-16,19-20H,3-10,17-18H2,1-2H3. The van der Waals surface area contributed by atoms with Crippen LogP contribution < -0.4 is 9.47 Å². The minimum absolute atomic E-state index is 0.669. The molecule has 0 unspecified atom stereocenters. The van der Waals surface area contributed by atoms with Crippen LogP contribution in [-0.4, -0.2) is 33.1 Å². The maximum absolute atomic E-state index is 6.22. The highest BCUT2D eigenvalue weighted by Crippen LogP contribution is 2.36. The van der Waals surface area contributed by atoms with Gasteiger partial charge in [-0.25, -0.2) is 9.97 Å². The van der Waals surface area contributed by atoms with Gasteiger partial charge in [0.05, 0.1) is 46.3 Å². The van der Waals surface area contributed by atoms with Crippen LogP contribution in [0.3, 0.4) is 0 Å². The maximum Gasteiger partial charge on any atom is 0.163 e. The second kappa shape index (κ2) is 11.5. The van der Waals surface area contributed by atoms with Crippen molar-refractivity contribution in [1.82, 2.24) is 19.9 Å². The van der Waals surface area contributed by atoms with Crippen LogP contribution in [0.25, 0.3) is 43.9 Å². The van der Waals surface area contributed by atoms with Crippen molar-refractivity contribution in [3.63, 3.8) is 0 Å². The Morgan fingerprint density at radius 3 is 1.50 bits per heavy atom. The van der Waals surface area contributed by atoms with Crippen molar-refractivity contribution in [3.05, 3.63) is 48.8 Å². The smallest absolute Gasteiger partial charge is 0.163 e. The predicted molar refractivity (Wildman–Crippen MR) is 147 cm³/mol. The zero-order valence-electron chi connectivity index (χ0n) is 21.3. The van der Waals surface area contributed by atoms with E-state index in [-0.39, 0.29) is 0 Å². The molecule has 3 aromatic heterocycles. The third-order valence-corrected chi connectivity index (χ3v) is 6.59. The first-order valence-corrected chi connectivity index (χ1v) is 13.3. The van der Waals surface area contributed by atoms with E-state index in [0.29, 0.717) is 13.2 Å². The van der Waals surface area contributed by atoms with E-state index in [1.165, 1.54) is 38.5 Å². The Kier molecular flexibility index (Phi) is 7.70. The molecule has 0 bridgehead atoms. The van der Waals surface area contributed by atoms with Crippen molar-refractivity contribution in [2.45, 2.75) is 65.2 Å². The number of benzene rings is 2. The van der Waals surface area contributed by atoms with Crippen molar-refractivity contribution < 1.29 is 9.47 Å². The number of fused-ring (bicyclic) bond motifs is 7. The summed E-state index contributed by atoms with van der Waals surface area (Å²) in [6.07, 6.45) is 12.9. The summed E-state index contributed by atoms with van der Waals surface area (Å²) in [6.45, 7) is 5.77. The first-order valence-electron chi connectivity index (χ1n) is 13.3. The molecule has 0 radical (unpaired) electrons. The summed E-state index contributed by atoms with van der Waals surface area (Å²) in [5, 5.41) is 1.90. The van der Waals surface area contributed by atoms with E-state index in [2.05, 4.69) is 23.8 Å². The second-order valence-corrected chi connectivity index (χ2v) is 9.33. The van der Waals surface area contributed by atoms with Crippen molar-refractivity contribution in [2.75, 3.05) is 13.2 Å². The largest absolute Gasteiger partial charge is 0.490 e. The zero-order chi connectivity index (χ0) is 24.7. The topological polar surface area (TPSA) is 70.0 Å². The van der Waals surface area contributed by atoms with Crippen LogP contribution in [0.15, 0.2) is 48.8 Å². The van der Waals surface area contributed by atoms with Gasteiger partial charge in [-0.3, -0.25) is 9.97 Å². The molecule has 6 nitrogen and oxygen atoms in total. The minimum Gasteiger partial charge on any atom is -0.490 e. The van der Waals surface area contributed by atoms with Crippen LogP contribution in [-0.2, 0) is 0 Å². The highest BCUT2D eigenvalue weighted by molar-refractivity contribution is 6.21. The lowest BCUT2D eigenvalue weighted by Crippen LogP contribution is -2.04. The molecule has 2 aromatic carbocycles. The number of hydrogen-bond acceptors (Lipinski definition) is 6. The van der Waals surface area contributed by atoms with E-state index in [9.17, 15) is 0 Å². The monoisotopic (exact) mass is 482 g/mol. The average molecular weight is 483 g/mol. The molecular formula is C30H34N4O2. The molecule has 5 aromatic rings. The van der Waals surface area contributed by atoms with Crippen molar-refractivity contribution in [3.8, 4) is 11.5 Å². The predicted octanol–water partition coefficient (Wildman–Crippen LogP) is 7.80. The van der Waals surface area contributed by atoms with Crippen LogP contribution in [0.4, 0.5) is 0 Å². The third-order valence-electron chi connectivity index (χ3n) is 6.59. The van der Waals surface area contributed by atoms with Gasteiger partial charge in [-0.05, 0) is 37.1 Å². The number of rotatable bonds is 12. The molecule has 0 amide bonds. The van der Waals surface area contributed by atoms with E-state index >= 15 is 0 Å². The molecule has 0 spiro atoms. The molecule has 3 heterocycles. The van der Waals surface area contributed by atoms with Crippen molar-refractivity contribution >= 4 is 43.9 Å². The zero-order valence-corrected chi connectivity index (χ0v) is 21.3. The molecule has 5 rings (SSSR count). The quantitative estimate of drug-likeness (QED) is 0.103. The van der Waals surface area contributed by atoms with Crippen LogP contribution in [0.1, 0.15) is 65.2 Å². The lowest BCUT2D eigenvalue weighted by atomic mass is 10.1. The molecule has 0 saturated heterocycles. The molecule has 0 aliphatic carbocycles. The van der Waals surface area contributed by atoms with Crippen LogP contribution >= 0.6 is 0 Å². The highest BCUT2D eigenvalue weighted by Gasteiger charge is 2.16. The molecule has 0 fully saturated rings. The SMILES string of the molecule is CCCCCCOc1cc2nc3c4cccnc4c4ncccc4c3nc2cc1OCCCCCC.